The highest BCUT2D eigenvalue weighted by Crippen LogP contribution is 2.47. The Morgan fingerprint density at radius 2 is 1.53 bits per heavy atom. The van der Waals surface area contributed by atoms with Crippen LogP contribution in [0.4, 0.5) is 17.1 Å². The van der Waals surface area contributed by atoms with Crippen LogP contribution in [0.5, 0.6) is 5.75 Å². The van der Waals surface area contributed by atoms with Crippen LogP contribution in [0, 0.1) is 0 Å². The Morgan fingerprint density at radius 3 is 2.16 bits per heavy atom. The highest BCUT2D eigenvalue weighted by atomic mass is 32.2. The highest BCUT2D eigenvalue weighted by molar-refractivity contribution is 7.86. The van der Waals surface area contributed by atoms with Crippen molar-refractivity contribution in [2.75, 3.05) is 26.0 Å². The Balaban J connectivity index is 2.03. The molecule has 0 aliphatic rings. The zero-order chi connectivity index (χ0) is 27.8. The third-order valence-electron chi connectivity index (χ3n) is 5.75. The number of ketones is 1. The summed E-state index contributed by atoms with van der Waals surface area (Å²) < 4.78 is 69.3. The van der Waals surface area contributed by atoms with Crippen LogP contribution < -0.4 is 10.6 Å². The second kappa shape index (κ2) is 10.1. The van der Waals surface area contributed by atoms with Gasteiger partial charge in [0.1, 0.15) is 15.5 Å². The van der Waals surface area contributed by atoms with E-state index in [0.717, 1.165) is 0 Å². The molecule has 0 bridgehead atoms. The molecule has 0 saturated heterocycles. The third kappa shape index (κ3) is 4.94. The summed E-state index contributed by atoms with van der Waals surface area (Å²) in [7, 11) is -6.92. The van der Waals surface area contributed by atoms with Gasteiger partial charge in [0, 0.05) is 28.8 Å². The predicted octanol–water partition coefficient (Wildman–Crippen LogP) is 4.05. The monoisotopic (exact) mass is 558 g/mol. The fourth-order valence-electron chi connectivity index (χ4n) is 4.15. The molecule has 198 valence electrons. The van der Waals surface area contributed by atoms with Crippen LogP contribution in [0.1, 0.15) is 10.4 Å². The molecule has 0 aromatic heterocycles. The summed E-state index contributed by atoms with van der Waals surface area (Å²) in [4.78, 5) is 11.0. The summed E-state index contributed by atoms with van der Waals surface area (Å²) in [5.74, 6) is -1.00. The summed E-state index contributed by atoms with van der Waals surface area (Å²) >= 11 is 0. The first kappa shape index (κ1) is 27.1. The van der Waals surface area contributed by atoms with Gasteiger partial charge in [0.05, 0.1) is 12.2 Å². The molecule has 14 heteroatoms. The third-order valence-corrected chi connectivity index (χ3v) is 7.61. The van der Waals surface area contributed by atoms with Crippen molar-refractivity contribution >= 4 is 64.6 Å². The van der Waals surface area contributed by atoms with E-state index in [0.29, 0.717) is 5.39 Å². The van der Waals surface area contributed by atoms with E-state index in [-0.39, 0.29) is 45.4 Å². The lowest BCUT2D eigenvalue weighted by molar-refractivity contribution is 0.0993. The minimum Gasteiger partial charge on any atom is -0.505 e. The molecular weight excluding hydrogens is 536 g/mol. The molecule has 0 aliphatic carbocycles. The van der Waals surface area contributed by atoms with E-state index < -0.39 is 41.5 Å². The number of phenolic OH excluding ortho intramolecular Hbond substituents is 1. The average molecular weight is 559 g/mol. The fraction of sp³-hybridized carbons (Fsp3) is 0.125. The van der Waals surface area contributed by atoms with Crippen molar-refractivity contribution in [1.29, 1.82) is 0 Å². The largest absolute Gasteiger partial charge is 0.505 e. The number of phenols is 1. The molecule has 0 atom stereocenters. The van der Waals surface area contributed by atoms with Gasteiger partial charge in [0.2, 0.25) is 0 Å². The van der Waals surface area contributed by atoms with Crippen LogP contribution in [-0.4, -0.2) is 57.5 Å². The van der Waals surface area contributed by atoms with Gasteiger partial charge in [0.15, 0.2) is 17.2 Å². The van der Waals surface area contributed by atoms with Gasteiger partial charge in [-0.3, -0.25) is 13.9 Å². The number of likely N-dealkylation sites (N-methyl/N-ethyl adjacent to an activating group) is 1. The minimum absolute atomic E-state index is 0.00564. The average Bonchev–Trinajstić information content (AvgIpc) is 2.86. The number of hydrogen-bond donors (Lipinski definition) is 5. The number of nitrogens with one attached hydrogen (secondary N) is 2. The van der Waals surface area contributed by atoms with Crippen molar-refractivity contribution in [1.82, 2.24) is 5.32 Å². The van der Waals surface area contributed by atoms with Gasteiger partial charge < -0.3 is 15.7 Å². The Morgan fingerprint density at radius 1 is 0.842 bits per heavy atom. The maximum atomic E-state index is 12.5. The van der Waals surface area contributed by atoms with E-state index in [1.54, 1.807) is 25.2 Å². The van der Waals surface area contributed by atoms with Gasteiger partial charge in [-0.15, -0.1) is 10.2 Å². The summed E-state index contributed by atoms with van der Waals surface area (Å²) in [5.41, 5.74) is -0.992. The van der Waals surface area contributed by atoms with E-state index in [9.17, 15) is 35.8 Å². The quantitative estimate of drug-likeness (QED) is 0.0911. The first-order valence-electron chi connectivity index (χ1n) is 10.9. The molecule has 12 nitrogen and oxygen atoms in total. The molecule has 4 aromatic rings. The lowest BCUT2D eigenvalue weighted by Gasteiger charge is -2.16. The van der Waals surface area contributed by atoms with Crippen LogP contribution in [-0.2, 0) is 20.2 Å². The molecule has 5 N–H and O–H groups in total. The smallest absolute Gasteiger partial charge is 0.298 e. The standard InChI is InChI=1S/C24H22N4O8S2/c1-25-12-19(29)14-7-9-16-17(11-14)20(26-2)24(38(34,35)36)21(22(16)30)28-27-18-10-8-13-5-3-4-6-15(13)23(18)37(31,32)33/h3-11,25-26,30H,12H2,1-2H3,(H,31,32,33)(H,34,35,36). The van der Waals surface area contributed by atoms with Crippen molar-refractivity contribution in [2.45, 2.75) is 9.79 Å². The zero-order valence-electron chi connectivity index (χ0n) is 20.0. The maximum absolute atomic E-state index is 12.5. The number of carbonyl (C=O) groups excluding carboxylic acids is 1. The van der Waals surface area contributed by atoms with Gasteiger partial charge in [-0.1, -0.05) is 36.4 Å². The summed E-state index contributed by atoms with van der Waals surface area (Å²) in [6.07, 6.45) is 0. The molecule has 0 saturated carbocycles. The molecule has 38 heavy (non-hydrogen) atoms. The van der Waals surface area contributed by atoms with Crippen molar-refractivity contribution in [3.05, 3.63) is 60.2 Å². The number of fused-ring (bicyclic) bond motifs is 2. The predicted molar refractivity (Wildman–Crippen MR) is 141 cm³/mol. The van der Waals surface area contributed by atoms with Crippen LogP contribution in [0.15, 0.2) is 74.6 Å². The van der Waals surface area contributed by atoms with Gasteiger partial charge >= 0.3 is 0 Å². The van der Waals surface area contributed by atoms with Crippen LogP contribution >= 0.6 is 0 Å². The zero-order valence-corrected chi connectivity index (χ0v) is 21.6. The van der Waals surface area contributed by atoms with E-state index >= 15 is 0 Å². The minimum atomic E-state index is -5.05. The first-order chi connectivity index (χ1) is 17.9. The Labute approximate surface area is 217 Å². The Hall–Kier alpha value is -3.95. The molecule has 4 rings (SSSR count). The molecular formula is C24H22N4O8S2. The molecule has 0 spiro atoms. The molecule has 0 fully saturated rings. The van der Waals surface area contributed by atoms with E-state index in [1.807, 2.05) is 0 Å². The van der Waals surface area contributed by atoms with Gasteiger partial charge in [-0.2, -0.15) is 16.8 Å². The van der Waals surface area contributed by atoms with E-state index in [2.05, 4.69) is 20.9 Å². The lowest BCUT2D eigenvalue weighted by atomic mass is 10.0. The number of azo groups is 1. The number of rotatable bonds is 8. The van der Waals surface area contributed by atoms with Gasteiger partial charge in [0.25, 0.3) is 20.2 Å². The molecule has 0 unspecified atom stereocenters. The number of nitrogens with zero attached hydrogens (tertiary/aromatic N) is 2. The van der Waals surface area contributed by atoms with Crippen molar-refractivity contribution < 1.29 is 35.8 Å². The maximum Gasteiger partial charge on any atom is 0.298 e. The SMILES string of the molecule is CNCC(=O)c1ccc2c(O)c(N=Nc3ccc4ccccc4c3S(=O)(=O)O)c(S(=O)(=O)O)c(NC)c2c1. The Kier molecular flexibility index (Phi) is 7.18. The van der Waals surface area contributed by atoms with Crippen molar-refractivity contribution in [3.63, 3.8) is 0 Å². The van der Waals surface area contributed by atoms with Crippen molar-refractivity contribution in [2.24, 2.45) is 10.2 Å². The summed E-state index contributed by atoms with van der Waals surface area (Å²) in [6, 6.07) is 13.2. The molecule has 0 amide bonds. The second-order valence-corrected chi connectivity index (χ2v) is 10.9. The molecule has 0 radical (unpaired) electrons. The number of carbonyl (C=O) groups is 1. The molecule has 0 aliphatic heterocycles. The van der Waals surface area contributed by atoms with Crippen LogP contribution in [0.2, 0.25) is 0 Å². The van der Waals surface area contributed by atoms with E-state index in [1.165, 1.54) is 43.4 Å². The number of Topliss-reactive ketones (excluding diaryl/α,β-unsaturated/α-hetero) is 1. The number of benzene rings is 4. The van der Waals surface area contributed by atoms with Crippen LogP contribution in [0.3, 0.4) is 0 Å². The Bertz CT molecular complexity index is 1850. The number of hydrogen-bond acceptors (Lipinski definition) is 10. The van der Waals surface area contributed by atoms with Gasteiger partial charge in [-0.25, -0.2) is 0 Å². The number of anilines is 1. The normalized spacial score (nSPS) is 12.4. The summed E-state index contributed by atoms with van der Waals surface area (Å²) in [6.45, 7) is 0.00564. The highest BCUT2D eigenvalue weighted by Gasteiger charge is 2.28. The topological polar surface area (TPSA) is 195 Å². The molecule has 4 aromatic carbocycles. The lowest BCUT2D eigenvalue weighted by Crippen LogP contribution is -2.18. The molecule has 0 heterocycles. The van der Waals surface area contributed by atoms with Gasteiger partial charge in [-0.05, 0) is 30.6 Å². The first-order valence-corrected chi connectivity index (χ1v) is 13.8. The second-order valence-electron chi connectivity index (χ2n) is 8.15. The number of aromatic hydroxyl groups is 1. The van der Waals surface area contributed by atoms with E-state index in [4.69, 9.17) is 0 Å². The van der Waals surface area contributed by atoms with Crippen LogP contribution in [0.25, 0.3) is 21.5 Å². The summed E-state index contributed by atoms with van der Waals surface area (Å²) in [5, 5.41) is 24.8. The van der Waals surface area contributed by atoms with Crippen molar-refractivity contribution in [3.8, 4) is 5.75 Å². The fourth-order valence-corrected chi connectivity index (χ4v) is 5.84.